The fourth-order valence-corrected chi connectivity index (χ4v) is 4.88. The van der Waals surface area contributed by atoms with Crippen LogP contribution in [0.2, 0.25) is 10.0 Å². The Bertz CT molecular complexity index is 1280. The van der Waals surface area contributed by atoms with Gasteiger partial charge in [-0.15, -0.1) is 0 Å². The predicted molar refractivity (Wildman–Crippen MR) is 121 cm³/mol. The molecule has 0 spiro atoms. The lowest BCUT2D eigenvalue weighted by Crippen LogP contribution is -2.27. The van der Waals surface area contributed by atoms with E-state index in [0.29, 0.717) is 40.1 Å². The molecule has 1 heterocycles. The molecule has 11 heteroatoms. The number of ether oxygens (including phenoxy) is 1. The molecule has 1 aliphatic carbocycles. The molecule has 0 unspecified atom stereocenters. The number of rotatable bonds is 9. The van der Waals surface area contributed by atoms with Crippen molar-refractivity contribution in [2.45, 2.75) is 17.7 Å². The Kier molecular flexibility index (Phi) is 6.62. The number of aromatic nitrogens is 1. The lowest BCUT2D eigenvalue weighted by molar-refractivity contribution is 0.0906. The monoisotopic (exact) mass is 499 g/mol. The van der Waals surface area contributed by atoms with E-state index in [2.05, 4.69) is 15.0 Å². The van der Waals surface area contributed by atoms with E-state index in [1.165, 1.54) is 37.2 Å². The summed E-state index contributed by atoms with van der Waals surface area (Å²) in [5.41, 5.74) is 0.531. The summed E-state index contributed by atoms with van der Waals surface area (Å²) in [6.07, 6.45) is 3.83. The number of anilines is 1. The van der Waals surface area contributed by atoms with Crippen LogP contribution in [0.5, 0.6) is 0 Å². The van der Waals surface area contributed by atoms with Gasteiger partial charge in [0.25, 0.3) is 15.9 Å². The average molecular weight is 500 g/mol. The van der Waals surface area contributed by atoms with Gasteiger partial charge >= 0.3 is 0 Å². The van der Waals surface area contributed by atoms with Crippen molar-refractivity contribution < 1.29 is 22.3 Å². The number of sulfonamides is 1. The van der Waals surface area contributed by atoms with Crippen LogP contribution in [-0.4, -0.2) is 39.1 Å². The summed E-state index contributed by atoms with van der Waals surface area (Å²) in [5.74, 6) is -0.943. The normalized spacial score (nSPS) is 14.0. The highest BCUT2D eigenvalue weighted by molar-refractivity contribution is 7.92. The molecule has 1 aromatic heterocycles. The van der Waals surface area contributed by atoms with Gasteiger partial charge in [-0.25, -0.2) is 12.8 Å². The minimum Gasteiger partial charge on any atom is -0.379 e. The van der Waals surface area contributed by atoms with Gasteiger partial charge in [0, 0.05) is 30.3 Å². The van der Waals surface area contributed by atoms with Crippen LogP contribution in [0, 0.1) is 11.7 Å². The fourth-order valence-electron chi connectivity index (χ4n) is 3.19. The van der Waals surface area contributed by atoms with E-state index in [4.69, 9.17) is 27.9 Å². The molecule has 1 fully saturated rings. The van der Waals surface area contributed by atoms with Crippen molar-refractivity contribution in [2.75, 3.05) is 24.5 Å². The second-order valence-corrected chi connectivity index (χ2v) is 9.97. The minimum atomic E-state index is -4.29. The minimum absolute atomic E-state index is 0.00803. The molecule has 4 rings (SSSR count). The van der Waals surface area contributed by atoms with Crippen molar-refractivity contribution >= 4 is 55.7 Å². The molecule has 0 bridgehead atoms. The summed E-state index contributed by atoms with van der Waals surface area (Å²) < 4.78 is 48.0. The van der Waals surface area contributed by atoms with Crippen LogP contribution < -0.4 is 10.0 Å². The van der Waals surface area contributed by atoms with Crippen molar-refractivity contribution in [3.63, 3.8) is 0 Å². The van der Waals surface area contributed by atoms with Crippen LogP contribution in [0.1, 0.15) is 23.2 Å². The van der Waals surface area contributed by atoms with E-state index >= 15 is 0 Å². The van der Waals surface area contributed by atoms with E-state index < -0.39 is 26.6 Å². The zero-order valence-corrected chi connectivity index (χ0v) is 19.1. The first-order valence-corrected chi connectivity index (χ1v) is 12.1. The maximum Gasteiger partial charge on any atom is 0.264 e. The Balaban J connectivity index is 1.46. The molecule has 0 radical (unpaired) electrons. The molecule has 1 aliphatic rings. The number of halogens is 3. The average Bonchev–Trinajstić information content (AvgIpc) is 3.49. The standard InChI is InChI=1S/C21H20Cl2FN3O4S/c22-14-4-5-17(20-19(14)15(23)10-26-20)27-32(29,30)18-6-3-13(9-16(18)24)21(28)25-7-8-31-11-12-1-2-12/h3-6,9-10,12,26-27H,1-2,7-8,11H2,(H,25,28). The topological polar surface area (TPSA) is 100 Å². The highest BCUT2D eigenvalue weighted by atomic mass is 35.5. The number of nitrogens with one attached hydrogen (secondary N) is 3. The number of H-pyrrole nitrogens is 1. The van der Waals surface area contributed by atoms with E-state index in [0.717, 1.165) is 12.1 Å². The molecular formula is C21H20Cl2FN3O4S. The molecule has 2 aromatic carbocycles. The van der Waals surface area contributed by atoms with Crippen LogP contribution in [0.3, 0.4) is 0 Å². The van der Waals surface area contributed by atoms with Crippen LogP contribution in [0.4, 0.5) is 10.1 Å². The van der Waals surface area contributed by atoms with Gasteiger partial charge in [0.1, 0.15) is 10.7 Å². The van der Waals surface area contributed by atoms with E-state index in [1.54, 1.807) is 0 Å². The fraction of sp³-hybridized carbons (Fsp3) is 0.286. The highest BCUT2D eigenvalue weighted by Crippen LogP contribution is 2.35. The molecule has 1 amide bonds. The van der Waals surface area contributed by atoms with Crippen LogP contribution in [0.15, 0.2) is 41.4 Å². The van der Waals surface area contributed by atoms with Gasteiger partial charge in [-0.05, 0) is 49.1 Å². The number of hydrogen-bond acceptors (Lipinski definition) is 4. The molecule has 7 nitrogen and oxygen atoms in total. The first-order valence-electron chi connectivity index (χ1n) is 9.89. The molecule has 1 saturated carbocycles. The van der Waals surface area contributed by atoms with Gasteiger partial charge in [-0.1, -0.05) is 23.2 Å². The van der Waals surface area contributed by atoms with Gasteiger partial charge in [0.05, 0.1) is 27.9 Å². The van der Waals surface area contributed by atoms with Crippen molar-refractivity contribution in [3.8, 4) is 0 Å². The Hall–Kier alpha value is -2.33. The number of carbonyl (C=O) groups excluding carboxylic acids is 1. The van der Waals surface area contributed by atoms with E-state index in [1.807, 2.05) is 0 Å². The van der Waals surface area contributed by atoms with Crippen LogP contribution in [-0.2, 0) is 14.8 Å². The zero-order valence-electron chi connectivity index (χ0n) is 16.8. The molecule has 3 aromatic rings. The maximum absolute atomic E-state index is 14.7. The SMILES string of the molecule is O=C(NCCOCC1CC1)c1ccc(S(=O)(=O)Nc2ccc(Cl)c3c(Cl)c[nH]c23)c(F)c1. The van der Waals surface area contributed by atoms with Crippen LogP contribution >= 0.6 is 23.2 Å². The second-order valence-electron chi connectivity index (χ2n) is 7.51. The number of benzene rings is 2. The Morgan fingerprint density at radius 1 is 1.19 bits per heavy atom. The summed E-state index contributed by atoms with van der Waals surface area (Å²) >= 11 is 12.2. The number of aromatic amines is 1. The number of amides is 1. The van der Waals surface area contributed by atoms with Crippen molar-refractivity contribution in [1.82, 2.24) is 10.3 Å². The molecule has 32 heavy (non-hydrogen) atoms. The van der Waals surface area contributed by atoms with Crippen molar-refractivity contribution in [1.29, 1.82) is 0 Å². The van der Waals surface area contributed by atoms with Gasteiger partial charge in [0.15, 0.2) is 0 Å². The Labute approximate surface area is 194 Å². The lowest BCUT2D eigenvalue weighted by atomic mass is 10.2. The number of fused-ring (bicyclic) bond motifs is 1. The third-order valence-electron chi connectivity index (χ3n) is 5.05. The molecular weight excluding hydrogens is 480 g/mol. The summed E-state index contributed by atoms with van der Waals surface area (Å²) in [6, 6.07) is 6.11. The number of hydrogen-bond donors (Lipinski definition) is 3. The number of carbonyl (C=O) groups is 1. The quantitative estimate of drug-likeness (QED) is 0.375. The van der Waals surface area contributed by atoms with Crippen molar-refractivity contribution in [2.24, 2.45) is 5.92 Å². The largest absolute Gasteiger partial charge is 0.379 e. The molecule has 3 N–H and O–H groups in total. The molecule has 0 aliphatic heterocycles. The summed E-state index contributed by atoms with van der Waals surface area (Å²) in [7, 11) is -4.29. The molecule has 0 saturated heterocycles. The third kappa shape index (κ3) is 5.01. The maximum atomic E-state index is 14.7. The van der Waals surface area contributed by atoms with Crippen LogP contribution in [0.25, 0.3) is 10.9 Å². The first-order chi connectivity index (χ1) is 15.3. The lowest BCUT2D eigenvalue weighted by Gasteiger charge is -2.12. The van der Waals surface area contributed by atoms with Gasteiger partial charge in [0.2, 0.25) is 0 Å². The smallest absolute Gasteiger partial charge is 0.264 e. The van der Waals surface area contributed by atoms with Crippen molar-refractivity contribution in [3.05, 3.63) is 58.0 Å². The Morgan fingerprint density at radius 3 is 2.69 bits per heavy atom. The predicted octanol–water partition coefficient (Wildman–Crippen LogP) is 4.57. The highest BCUT2D eigenvalue weighted by Gasteiger charge is 2.23. The first kappa shape index (κ1) is 22.8. The van der Waals surface area contributed by atoms with Gasteiger partial charge < -0.3 is 15.0 Å². The summed E-state index contributed by atoms with van der Waals surface area (Å²) in [5, 5.41) is 3.73. The third-order valence-corrected chi connectivity index (χ3v) is 7.06. The Morgan fingerprint density at radius 2 is 1.97 bits per heavy atom. The van der Waals surface area contributed by atoms with Gasteiger partial charge in [-0.3, -0.25) is 9.52 Å². The van der Waals surface area contributed by atoms with Gasteiger partial charge in [-0.2, -0.15) is 0 Å². The summed E-state index contributed by atoms with van der Waals surface area (Å²) in [4.78, 5) is 14.5. The summed E-state index contributed by atoms with van der Waals surface area (Å²) in [6.45, 7) is 1.32. The molecule has 0 atom stereocenters. The van der Waals surface area contributed by atoms with E-state index in [9.17, 15) is 17.6 Å². The molecule has 170 valence electrons. The zero-order chi connectivity index (χ0) is 22.9. The van der Waals surface area contributed by atoms with E-state index in [-0.39, 0.29) is 17.8 Å². The second kappa shape index (κ2) is 9.27.